The molecule has 1 aliphatic heterocycles. The summed E-state index contributed by atoms with van der Waals surface area (Å²) in [6.45, 7) is 6.85. The highest BCUT2D eigenvalue weighted by atomic mass is 15.2. The van der Waals surface area contributed by atoms with Crippen molar-refractivity contribution in [2.75, 3.05) is 26.2 Å². The summed E-state index contributed by atoms with van der Waals surface area (Å²) in [5.41, 5.74) is 0. The molecule has 1 atom stereocenters. The number of rotatable bonds is 5. The Bertz CT molecular complexity index is 328. The van der Waals surface area contributed by atoms with Crippen molar-refractivity contribution in [2.24, 2.45) is 7.05 Å². The summed E-state index contributed by atoms with van der Waals surface area (Å²) >= 11 is 0. The van der Waals surface area contributed by atoms with Crippen LogP contribution in [0.3, 0.4) is 0 Å². The third kappa shape index (κ3) is 3.30. The van der Waals surface area contributed by atoms with Gasteiger partial charge in [-0.05, 0) is 25.9 Å². The number of nitrogens with zero attached hydrogens (tertiary/aromatic N) is 3. The molecule has 0 amide bonds. The molecule has 0 spiro atoms. The Morgan fingerprint density at radius 2 is 2.47 bits per heavy atom. The van der Waals surface area contributed by atoms with Crippen LogP contribution in [0.1, 0.15) is 25.6 Å². The van der Waals surface area contributed by atoms with Crippen LogP contribution < -0.4 is 5.32 Å². The zero-order valence-corrected chi connectivity index (χ0v) is 11.0. The molecule has 2 rings (SSSR count). The number of piperidine rings is 1. The highest BCUT2D eigenvalue weighted by Gasteiger charge is 2.19. The number of imidazole rings is 1. The topological polar surface area (TPSA) is 33.1 Å². The molecule has 0 aliphatic carbocycles. The van der Waals surface area contributed by atoms with Gasteiger partial charge in [-0.2, -0.15) is 0 Å². The van der Waals surface area contributed by atoms with Crippen molar-refractivity contribution in [1.82, 2.24) is 19.8 Å². The Hall–Kier alpha value is -0.870. The lowest BCUT2D eigenvalue weighted by atomic mass is 10.1. The largest absolute Gasteiger partial charge is 0.338 e. The lowest BCUT2D eigenvalue weighted by Gasteiger charge is -2.33. The normalized spacial score (nSPS) is 21.0. The van der Waals surface area contributed by atoms with E-state index in [0.717, 1.165) is 26.1 Å². The molecular weight excluding hydrogens is 212 g/mol. The number of hydrogen-bond acceptors (Lipinski definition) is 3. The van der Waals surface area contributed by atoms with Crippen molar-refractivity contribution < 1.29 is 0 Å². The van der Waals surface area contributed by atoms with E-state index in [1.807, 2.05) is 12.4 Å². The summed E-state index contributed by atoms with van der Waals surface area (Å²) < 4.78 is 2.12. The van der Waals surface area contributed by atoms with E-state index >= 15 is 0 Å². The maximum Gasteiger partial charge on any atom is 0.109 e. The lowest BCUT2D eigenvalue weighted by molar-refractivity contribution is 0.174. The fourth-order valence-corrected chi connectivity index (χ4v) is 2.62. The standard InChI is InChI=1S/C13H24N4/c1-3-17(12-5-4-7-14-11-12)9-6-13-15-8-10-16(13)2/h8,10,12,14H,3-7,9,11H2,1-2H3. The molecule has 1 N–H and O–H groups in total. The fraction of sp³-hybridized carbons (Fsp3) is 0.769. The molecule has 2 heterocycles. The first-order valence-electron chi connectivity index (χ1n) is 6.72. The van der Waals surface area contributed by atoms with Crippen molar-refractivity contribution in [3.05, 3.63) is 18.2 Å². The number of hydrogen-bond donors (Lipinski definition) is 1. The van der Waals surface area contributed by atoms with E-state index in [-0.39, 0.29) is 0 Å². The Kier molecular flexibility index (Phi) is 4.57. The van der Waals surface area contributed by atoms with E-state index in [4.69, 9.17) is 0 Å². The molecule has 1 saturated heterocycles. The molecule has 0 aromatic carbocycles. The summed E-state index contributed by atoms with van der Waals surface area (Å²) in [4.78, 5) is 6.97. The van der Waals surface area contributed by atoms with Gasteiger partial charge in [-0.1, -0.05) is 6.92 Å². The highest BCUT2D eigenvalue weighted by Crippen LogP contribution is 2.10. The third-order valence-corrected chi connectivity index (χ3v) is 3.74. The zero-order valence-electron chi connectivity index (χ0n) is 11.0. The second-order valence-electron chi connectivity index (χ2n) is 4.83. The van der Waals surface area contributed by atoms with Crippen LogP contribution in [0.2, 0.25) is 0 Å². The van der Waals surface area contributed by atoms with Crippen molar-refractivity contribution in [3.63, 3.8) is 0 Å². The van der Waals surface area contributed by atoms with Crippen molar-refractivity contribution in [1.29, 1.82) is 0 Å². The predicted octanol–water partition coefficient (Wildman–Crippen LogP) is 1.04. The second-order valence-corrected chi connectivity index (χ2v) is 4.83. The van der Waals surface area contributed by atoms with E-state index in [1.165, 1.54) is 25.2 Å². The first kappa shape index (κ1) is 12.6. The van der Waals surface area contributed by atoms with E-state index in [0.29, 0.717) is 6.04 Å². The molecule has 1 unspecified atom stereocenters. The minimum absolute atomic E-state index is 0.717. The summed E-state index contributed by atoms with van der Waals surface area (Å²) in [5, 5.41) is 3.49. The van der Waals surface area contributed by atoms with Crippen LogP contribution in [-0.4, -0.2) is 46.7 Å². The van der Waals surface area contributed by atoms with Gasteiger partial charge < -0.3 is 9.88 Å². The fourth-order valence-electron chi connectivity index (χ4n) is 2.62. The summed E-state index contributed by atoms with van der Waals surface area (Å²) in [5.74, 6) is 1.19. The Labute approximate surface area is 104 Å². The van der Waals surface area contributed by atoms with E-state index < -0.39 is 0 Å². The predicted molar refractivity (Wildman–Crippen MR) is 70.1 cm³/mol. The first-order valence-corrected chi connectivity index (χ1v) is 6.72. The maximum absolute atomic E-state index is 4.39. The number of aryl methyl sites for hydroxylation is 1. The quantitative estimate of drug-likeness (QED) is 0.829. The molecule has 4 nitrogen and oxygen atoms in total. The van der Waals surface area contributed by atoms with Crippen LogP contribution in [-0.2, 0) is 13.5 Å². The van der Waals surface area contributed by atoms with Crippen LogP contribution in [0.4, 0.5) is 0 Å². The van der Waals surface area contributed by atoms with Crippen molar-refractivity contribution in [3.8, 4) is 0 Å². The smallest absolute Gasteiger partial charge is 0.109 e. The number of aromatic nitrogens is 2. The van der Waals surface area contributed by atoms with Gasteiger partial charge in [0.2, 0.25) is 0 Å². The molecular formula is C13H24N4. The first-order chi connectivity index (χ1) is 8.31. The van der Waals surface area contributed by atoms with Gasteiger partial charge in [-0.15, -0.1) is 0 Å². The van der Waals surface area contributed by atoms with Gasteiger partial charge in [-0.25, -0.2) is 4.98 Å². The average molecular weight is 236 g/mol. The average Bonchev–Trinajstić information content (AvgIpc) is 2.77. The van der Waals surface area contributed by atoms with E-state index in [1.54, 1.807) is 0 Å². The van der Waals surface area contributed by atoms with Crippen LogP contribution in [0.25, 0.3) is 0 Å². The third-order valence-electron chi connectivity index (χ3n) is 3.74. The molecule has 17 heavy (non-hydrogen) atoms. The Balaban J connectivity index is 1.84. The molecule has 1 aromatic heterocycles. The minimum atomic E-state index is 0.717. The van der Waals surface area contributed by atoms with Crippen LogP contribution in [0.15, 0.2) is 12.4 Å². The van der Waals surface area contributed by atoms with Gasteiger partial charge in [0.1, 0.15) is 5.82 Å². The molecule has 4 heteroatoms. The number of likely N-dealkylation sites (N-methyl/N-ethyl adjacent to an activating group) is 1. The highest BCUT2D eigenvalue weighted by molar-refractivity contribution is 4.92. The van der Waals surface area contributed by atoms with Gasteiger partial charge >= 0.3 is 0 Å². The van der Waals surface area contributed by atoms with E-state index in [2.05, 4.69) is 33.7 Å². The monoisotopic (exact) mass is 236 g/mol. The van der Waals surface area contributed by atoms with E-state index in [9.17, 15) is 0 Å². The minimum Gasteiger partial charge on any atom is -0.338 e. The SMILES string of the molecule is CCN(CCc1nccn1C)C1CCCNC1. The molecule has 0 radical (unpaired) electrons. The van der Waals surface area contributed by atoms with Crippen LogP contribution in [0.5, 0.6) is 0 Å². The maximum atomic E-state index is 4.39. The van der Waals surface area contributed by atoms with Crippen molar-refractivity contribution >= 4 is 0 Å². The molecule has 1 aliphatic rings. The number of nitrogens with one attached hydrogen (secondary N) is 1. The van der Waals surface area contributed by atoms with Crippen LogP contribution >= 0.6 is 0 Å². The summed E-state index contributed by atoms with van der Waals surface area (Å²) in [6, 6.07) is 0.717. The van der Waals surface area contributed by atoms with Gasteiger partial charge in [0, 0.05) is 45.0 Å². The molecule has 1 aromatic rings. The zero-order chi connectivity index (χ0) is 12.1. The second kappa shape index (κ2) is 6.17. The van der Waals surface area contributed by atoms with Crippen LogP contribution in [0, 0.1) is 0 Å². The molecule has 1 fully saturated rings. The van der Waals surface area contributed by atoms with Gasteiger partial charge in [0.15, 0.2) is 0 Å². The molecule has 96 valence electrons. The lowest BCUT2D eigenvalue weighted by Crippen LogP contribution is -2.46. The molecule has 0 saturated carbocycles. The van der Waals surface area contributed by atoms with Gasteiger partial charge in [-0.3, -0.25) is 4.90 Å². The van der Waals surface area contributed by atoms with Gasteiger partial charge in [0.25, 0.3) is 0 Å². The molecule has 0 bridgehead atoms. The Morgan fingerprint density at radius 3 is 3.06 bits per heavy atom. The van der Waals surface area contributed by atoms with Crippen molar-refractivity contribution in [2.45, 2.75) is 32.2 Å². The van der Waals surface area contributed by atoms with Gasteiger partial charge in [0.05, 0.1) is 0 Å². The summed E-state index contributed by atoms with van der Waals surface area (Å²) in [6.07, 6.45) is 7.60. The Morgan fingerprint density at radius 1 is 1.59 bits per heavy atom. The summed E-state index contributed by atoms with van der Waals surface area (Å²) in [7, 11) is 2.07.